The first-order valence-corrected chi connectivity index (χ1v) is 20.9. The van der Waals surface area contributed by atoms with E-state index in [-0.39, 0.29) is 0 Å². The molecule has 3 aromatic heterocycles. The van der Waals surface area contributed by atoms with Gasteiger partial charge in [0.15, 0.2) is 5.82 Å². The van der Waals surface area contributed by atoms with Gasteiger partial charge in [0.2, 0.25) is 0 Å². The highest BCUT2D eigenvalue weighted by molar-refractivity contribution is 6.21. The van der Waals surface area contributed by atoms with Crippen molar-refractivity contribution in [2.45, 2.75) is 0 Å². The summed E-state index contributed by atoms with van der Waals surface area (Å²) in [7, 11) is 0. The molecule has 0 saturated carbocycles. The minimum Gasteiger partial charge on any atom is -0.456 e. The molecule has 12 aromatic rings. The van der Waals surface area contributed by atoms with Crippen LogP contribution >= 0.6 is 0 Å². The second kappa shape index (κ2) is 14.7. The quantitative estimate of drug-likeness (QED) is 0.161. The smallest absolute Gasteiger partial charge is 0.160 e. The Morgan fingerprint density at radius 2 is 0.758 bits per heavy atom. The number of hydrogen-bond acceptors (Lipinski definition) is 4. The molecular weight excluding hydrogens is 757 g/mol. The van der Waals surface area contributed by atoms with Gasteiger partial charge in [-0.1, -0.05) is 170 Å². The Balaban J connectivity index is 0.996. The molecule has 0 aliphatic carbocycles. The molecule has 9 aromatic carbocycles. The van der Waals surface area contributed by atoms with E-state index in [2.05, 4.69) is 182 Å². The van der Waals surface area contributed by atoms with Gasteiger partial charge in [-0.25, -0.2) is 9.97 Å². The molecule has 4 heteroatoms. The molecule has 0 amide bonds. The van der Waals surface area contributed by atoms with Crippen LogP contribution in [-0.4, -0.2) is 9.97 Å². The topological polar surface area (TPSA) is 52.1 Å². The van der Waals surface area contributed by atoms with Crippen LogP contribution < -0.4 is 0 Å². The van der Waals surface area contributed by atoms with Crippen LogP contribution in [0.3, 0.4) is 0 Å². The van der Waals surface area contributed by atoms with Crippen molar-refractivity contribution in [3.63, 3.8) is 0 Å². The Morgan fingerprint density at radius 1 is 0.274 bits per heavy atom. The predicted molar refractivity (Wildman–Crippen MR) is 255 cm³/mol. The zero-order valence-electron chi connectivity index (χ0n) is 33.5. The zero-order valence-corrected chi connectivity index (χ0v) is 33.5. The second-order valence-electron chi connectivity index (χ2n) is 15.7. The van der Waals surface area contributed by atoms with E-state index in [1.807, 2.05) is 36.4 Å². The number of hydrogen-bond donors (Lipinski definition) is 0. The van der Waals surface area contributed by atoms with E-state index in [0.717, 1.165) is 116 Å². The second-order valence-corrected chi connectivity index (χ2v) is 15.7. The van der Waals surface area contributed by atoms with Crippen molar-refractivity contribution in [2.24, 2.45) is 0 Å². The number of para-hydroxylation sites is 2. The number of fused-ring (bicyclic) bond motifs is 6. The summed E-state index contributed by atoms with van der Waals surface area (Å²) in [5, 5.41) is 4.36. The van der Waals surface area contributed by atoms with Gasteiger partial charge in [-0.05, 0) is 87.5 Å². The largest absolute Gasteiger partial charge is 0.456 e. The molecule has 62 heavy (non-hydrogen) atoms. The number of rotatable bonds is 7. The van der Waals surface area contributed by atoms with Gasteiger partial charge < -0.3 is 8.83 Å². The highest BCUT2D eigenvalue weighted by atomic mass is 16.3. The van der Waals surface area contributed by atoms with Gasteiger partial charge >= 0.3 is 0 Å². The number of benzene rings is 9. The maximum atomic E-state index is 6.76. The van der Waals surface area contributed by atoms with Crippen molar-refractivity contribution in [1.29, 1.82) is 0 Å². The third kappa shape index (κ3) is 6.16. The Labute approximate surface area is 358 Å². The van der Waals surface area contributed by atoms with Crippen LogP contribution in [0, 0.1) is 0 Å². The predicted octanol–water partition coefficient (Wildman–Crippen LogP) is 15.9. The molecule has 0 spiro atoms. The molecule has 0 N–H and O–H groups in total. The van der Waals surface area contributed by atoms with E-state index in [4.69, 9.17) is 18.8 Å². The van der Waals surface area contributed by atoms with Crippen molar-refractivity contribution < 1.29 is 8.83 Å². The molecule has 0 unspecified atom stereocenters. The normalized spacial score (nSPS) is 11.5. The van der Waals surface area contributed by atoms with Crippen LogP contribution in [0.25, 0.3) is 122 Å². The summed E-state index contributed by atoms with van der Waals surface area (Å²) in [6.07, 6.45) is 0. The molecule has 290 valence electrons. The Kier molecular flexibility index (Phi) is 8.46. The van der Waals surface area contributed by atoms with E-state index < -0.39 is 0 Å². The van der Waals surface area contributed by atoms with Crippen molar-refractivity contribution in [3.8, 4) is 78.4 Å². The standard InChI is InChI=1S/C58H36N2O2/c1-4-15-37(16-5-1)42-33-43(38-17-6-2-7-18-38)35-44(34-42)51-36-50(40-19-8-3-9-20-40)59-58(60-51)41-29-27-39(28-30-41)45-31-32-47(56-49-22-11-13-25-53(49)62-57(45)56)46-23-14-26-54-55(46)48-21-10-12-24-52(48)61-54/h1-36H. The van der Waals surface area contributed by atoms with Gasteiger partial charge in [0.25, 0.3) is 0 Å². The van der Waals surface area contributed by atoms with Crippen molar-refractivity contribution in [1.82, 2.24) is 9.97 Å². The van der Waals surface area contributed by atoms with Gasteiger partial charge in [-0.2, -0.15) is 0 Å². The first-order valence-electron chi connectivity index (χ1n) is 20.9. The van der Waals surface area contributed by atoms with E-state index in [0.29, 0.717) is 5.82 Å². The van der Waals surface area contributed by atoms with Crippen LogP contribution in [0.15, 0.2) is 227 Å². The molecule has 0 fully saturated rings. The lowest BCUT2D eigenvalue weighted by Gasteiger charge is -2.13. The summed E-state index contributed by atoms with van der Waals surface area (Å²) in [5.41, 5.74) is 17.0. The average Bonchev–Trinajstić information content (AvgIpc) is 3.94. The molecular formula is C58H36N2O2. The van der Waals surface area contributed by atoms with E-state index >= 15 is 0 Å². The Hall–Kier alpha value is -8.34. The third-order valence-electron chi connectivity index (χ3n) is 11.9. The first kappa shape index (κ1) is 35.6. The van der Waals surface area contributed by atoms with Crippen molar-refractivity contribution in [3.05, 3.63) is 218 Å². The molecule has 0 atom stereocenters. The molecule has 0 aliphatic heterocycles. The van der Waals surface area contributed by atoms with Gasteiger partial charge in [0, 0.05) is 43.8 Å². The highest BCUT2D eigenvalue weighted by Gasteiger charge is 2.21. The van der Waals surface area contributed by atoms with Crippen LogP contribution in [0.1, 0.15) is 0 Å². The SMILES string of the molecule is c1ccc(-c2cc(-c3ccccc3)cc(-c3cc(-c4ccccc4)nc(-c4ccc(-c5ccc(-c6cccc7oc8ccccc8c67)c6c5oc5ccccc56)cc4)n3)c2)cc1. The van der Waals surface area contributed by atoms with E-state index in [1.54, 1.807) is 0 Å². The number of nitrogens with zero attached hydrogens (tertiary/aromatic N) is 2. The molecule has 4 nitrogen and oxygen atoms in total. The minimum absolute atomic E-state index is 0.656. The zero-order chi connectivity index (χ0) is 41.0. The van der Waals surface area contributed by atoms with E-state index in [9.17, 15) is 0 Å². The minimum atomic E-state index is 0.656. The molecule has 0 aliphatic rings. The van der Waals surface area contributed by atoms with Gasteiger partial charge in [0.05, 0.1) is 11.4 Å². The Bertz CT molecular complexity index is 3550. The third-order valence-corrected chi connectivity index (χ3v) is 11.9. The number of aromatic nitrogens is 2. The maximum absolute atomic E-state index is 6.76. The molecule has 0 radical (unpaired) electrons. The summed E-state index contributed by atoms with van der Waals surface area (Å²) in [5.74, 6) is 0.656. The lowest BCUT2D eigenvalue weighted by molar-refractivity contribution is 0.668. The Morgan fingerprint density at radius 3 is 1.42 bits per heavy atom. The van der Waals surface area contributed by atoms with Crippen molar-refractivity contribution in [2.75, 3.05) is 0 Å². The average molecular weight is 793 g/mol. The van der Waals surface area contributed by atoms with Crippen LogP contribution in [0.5, 0.6) is 0 Å². The van der Waals surface area contributed by atoms with Crippen LogP contribution in [0.2, 0.25) is 0 Å². The monoisotopic (exact) mass is 792 g/mol. The summed E-state index contributed by atoms with van der Waals surface area (Å²) in [4.78, 5) is 10.5. The van der Waals surface area contributed by atoms with Crippen LogP contribution in [0.4, 0.5) is 0 Å². The summed E-state index contributed by atoms with van der Waals surface area (Å²) in [6, 6.07) is 76.1. The summed E-state index contributed by atoms with van der Waals surface area (Å²) >= 11 is 0. The van der Waals surface area contributed by atoms with Crippen LogP contribution in [-0.2, 0) is 0 Å². The molecule has 0 bridgehead atoms. The molecule has 12 rings (SSSR count). The van der Waals surface area contributed by atoms with Crippen molar-refractivity contribution >= 4 is 43.9 Å². The van der Waals surface area contributed by atoms with Gasteiger partial charge in [-0.3, -0.25) is 0 Å². The lowest BCUT2D eigenvalue weighted by Crippen LogP contribution is -1.96. The lowest BCUT2D eigenvalue weighted by atomic mass is 9.92. The fourth-order valence-electron chi connectivity index (χ4n) is 8.93. The molecule has 0 saturated heterocycles. The van der Waals surface area contributed by atoms with Gasteiger partial charge in [0.1, 0.15) is 22.3 Å². The fraction of sp³-hybridized carbons (Fsp3) is 0. The molecule has 3 heterocycles. The first-order chi connectivity index (χ1) is 30.7. The number of furan rings is 2. The maximum Gasteiger partial charge on any atom is 0.160 e. The fourth-order valence-corrected chi connectivity index (χ4v) is 8.93. The summed E-state index contributed by atoms with van der Waals surface area (Å²) < 4.78 is 13.1. The summed E-state index contributed by atoms with van der Waals surface area (Å²) in [6.45, 7) is 0. The van der Waals surface area contributed by atoms with Gasteiger partial charge in [-0.15, -0.1) is 0 Å². The van der Waals surface area contributed by atoms with E-state index in [1.165, 1.54) is 0 Å². The highest BCUT2D eigenvalue weighted by Crippen LogP contribution is 2.45.